The Labute approximate surface area is 107 Å². The summed E-state index contributed by atoms with van der Waals surface area (Å²) in [6.45, 7) is 1.59. The van der Waals surface area contributed by atoms with E-state index in [0.717, 1.165) is 6.54 Å². The van der Waals surface area contributed by atoms with Gasteiger partial charge in [-0.05, 0) is 17.5 Å². The standard InChI is InChI=1S/C10H12N2.2ClH.2H2O/c11-6-8-12-7-5-9-3-1-2-4-10(9)12;;;;/h1-5,7H,6,8,11H2;2*1H;2*1H2. The van der Waals surface area contributed by atoms with Gasteiger partial charge in [-0.3, -0.25) is 0 Å². The topological polar surface area (TPSA) is 94.0 Å². The Kier molecular flexibility index (Phi) is 12.2. The van der Waals surface area contributed by atoms with Crippen molar-refractivity contribution in [2.75, 3.05) is 6.54 Å². The molecule has 4 nitrogen and oxygen atoms in total. The largest absolute Gasteiger partial charge is 0.412 e. The van der Waals surface area contributed by atoms with Gasteiger partial charge in [-0.2, -0.15) is 0 Å². The third-order valence-corrected chi connectivity index (χ3v) is 2.05. The van der Waals surface area contributed by atoms with E-state index >= 15 is 0 Å². The fourth-order valence-electron chi connectivity index (χ4n) is 1.47. The second kappa shape index (κ2) is 9.45. The molecule has 2 aromatic rings. The highest BCUT2D eigenvalue weighted by Crippen LogP contribution is 2.14. The summed E-state index contributed by atoms with van der Waals surface area (Å²) in [5.41, 5.74) is 6.76. The van der Waals surface area contributed by atoms with Gasteiger partial charge in [0.2, 0.25) is 0 Å². The zero-order valence-corrected chi connectivity index (χ0v) is 10.4. The maximum Gasteiger partial charge on any atom is 0.0480 e. The van der Waals surface area contributed by atoms with Gasteiger partial charge in [-0.15, -0.1) is 24.8 Å². The molecular weight excluding hydrogens is 251 g/mol. The van der Waals surface area contributed by atoms with Crippen molar-refractivity contribution in [1.29, 1.82) is 0 Å². The number of fused-ring (bicyclic) bond motifs is 1. The SMILES string of the molecule is Cl.Cl.NCCn1ccc2ccccc21.O.O. The zero-order valence-electron chi connectivity index (χ0n) is 8.72. The third-order valence-electron chi connectivity index (χ3n) is 2.05. The highest BCUT2D eigenvalue weighted by Gasteiger charge is 1.96. The second-order valence-electron chi connectivity index (χ2n) is 2.86. The zero-order chi connectivity index (χ0) is 8.39. The molecule has 0 aliphatic rings. The lowest BCUT2D eigenvalue weighted by Crippen LogP contribution is -2.08. The van der Waals surface area contributed by atoms with E-state index in [1.165, 1.54) is 10.9 Å². The van der Waals surface area contributed by atoms with Gasteiger partial charge in [-0.1, -0.05) is 18.2 Å². The lowest BCUT2D eigenvalue weighted by atomic mass is 10.2. The first kappa shape index (κ1) is 20.6. The van der Waals surface area contributed by atoms with Gasteiger partial charge < -0.3 is 21.3 Å². The molecule has 0 spiro atoms. The van der Waals surface area contributed by atoms with Crippen LogP contribution >= 0.6 is 24.8 Å². The Balaban J connectivity index is -0.000000422. The molecule has 0 aliphatic carbocycles. The number of nitrogens with two attached hydrogens (primary N) is 1. The highest BCUT2D eigenvalue weighted by atomic mass is 35.5. The minimum Gasteiger partial charge on any atom is -0.412 e. The molecule has 0 aliphatic heterocycles. The van der Waals surface area contributed by atoms with Crippen LogP contribution in [-0.2, 0) is 6.54 Å². The van der Waals surface area contributed by atoms with Crippen molar-refractivity contribution in [1.82, 2.24) is 4.57 Å². The minimum absolute atomic E-state index is 0. The number of benzene rings is 1. The molecule has 6 N–H and O–H groups in total. The smallest absolute Gasteiger partial charge is 0.0480 e. The predicted octanol–water partition coefficient (Wildman–Crippen LogP) is 0.794. The monoisotopic (exact) mass is 268 g/mol. The fraction of sp³-hybridized carbons (Fsp3) is 0.200. The van der Waals surface area contributed by atoms with E-state index in [-0.39, 0.29) is 35.8 Å². The molecule has 1 heterocycles. The van der Waals surface area contributed by atoms with E-state index in [9.17, 15) is 0 Å². The van der Waals surface area contributed by atoms with Crippen molar-refractivity contribution in [3.63, 3.8) is 0 Å². The molecule has 0 atom stereocenters. The molecule has 94 valence electrons. The van der Waals surface area contributed by atoms with Crippen molar-refractivity contribution in [3.05, 3.63) is 36.5 Å². The van der Waals surface area contributed by atoms with Crippen LogP contribution in [0.2, 0.25) is 0 Å². The number of hydrogen-bond acceptors (Lipinski definition) is 1. The molecule has 0 saturated heterocycles. The summed E-state index contributed by atoms with van der Waals surface area (Å²) in [7, 11) is 0. The molecule has 6 heteroatoms. The first-order valence-corrected chi connectivity index (χ1v) is 4.16. The molecule has 1 aromatic carbocycles. The predicted molar refractivity (Wildman–Crippen MR) is 72.7 cm³/mol. The molecule has 0 radical (unpaired) electrons. The van der Waals surface area contributed by atoms with E-state index in [4.69, 9.17) is 5.73 Å². The number of aromatic nitrogens is 1. The van der Waals surface area contributed by atoms with Gasteiger partial charge in [0, 0.05) is 24.8 Å². The summed E-state index contributed by atoms with van der Waals surface area (Å²) >= 11 is 0. The maximum absolute atomic E-state index is 5.49. The number of nitrogens with zero attached hydrogens (tertiary/aromatic N) is 1. The van der Waals surface area contributed by atoms with Gasteiger partial charge in [0.25, 0.3) is 0 Å². The van der Waals surface area contributed by atoms with Crippen molar-refractivity contribution in [2.24, 2.45) is 5.73 Å². The second-order valence-corrected chi connectivity index (χ2v) is 2.86. The van der Waals surface area contributed by atoms with Gasteiger partial charge in [0.05, 0.1) is 0 Å². The number of hydrogen-bond donors (Lipinski definition) is 1. The highest BCUT2D eigenvalue weighted by molar-refractivity contribution is 5.85. The Bertz CT molecular complexity index is 393. The molecular formula is C10H18Cl2N2O2. The molecule has 2 rings (SSSR count). The Morgan fingerprint density at radius 2 is 1.62 bits per heavy atom. The Morgan fingerprint density at radius 3 is 2.25 bits per heavy atom. The number of para-hydroxylation sites is 1. The van der Waals surface area contributed by atoms with Crippen LogP contribution < -0.4 is 5.73 Å². The van der Waals surface area contributed by atoms with Crippen LogP contribution in [0.5, 0.6) is 0 Å². The maximum atomic E-state index is 5.49. The van der Waals surface area contributed by atoms with Crippen molar-refractivity contribution in [2.45, 2.75) is 6.54 Å². The minimum atomic E-state index is 0. The van der Waals surface area contributed by atoms with Crippen molar-refractivity contribution >= 4 is 35.7 Å². The summed E-state index contributed by atoms with van der Waals surface area (Å²) in [4.78, 5) is 0. The van der Waals surface area contributed by atoms with Crippen LogP contribution in [-0.4, -0.2) is 22.1 Å². The molecule has 16 heavy (non-hydrogen) atoms. The van der Waals surface area contributed by atoms with Crippen LogP contribution in [0.3, 0.4) is 0 Å². The normalized spacial score (nSPS) is 8.06. The molecule has 0 amide bonds. The summed E-state index contributed by atoms with van der Waals surface area (Å²) in [5, 5.41) is 1.28. The Hall–Kier alpha value is -0.780. The molecule has 0 bridgehead atoms. The first-order valence-electron chi connectivity index (χ1n) is 4.16. The fourth-order valence-corrected chi connectivity index (χ4v) is 1.47. The van der Waals surface area contributed by atoms with Crippen molar-refractivity contribution in [3.8, 4) is 0 Å². The van der Waals surface area contributed by atoms with Gasteiger partial charge >= 0.3 is 0 Å². The lowest BCUT2D eigenvalue weighted by Gasteiger charge is -2.01. The quantitative estimate of drug-likeness (QED) is 0.857. The summed E-state index contributed by atoms with van der Waals surface area (Å²) < 4.78 is 2.18. The first-order chi connectivity index (χ1) is 5.92. The molecule has 0 fully saturated rings. The summed E-state index contributed by atoms with van der Waals surface area (Å²) in [6.07, 6.45) is 2.08. The van der Waals surface area contributed by atoms with E-state index < -0.39 is 0 Å². The molecule has 0 saturated carbocycles. The molecule has 1 aromatic heterocycles. The third kappa shape index (κ3) is 4.00. The number of rotatable bonds is 2. The lowest BCUT2D eigenvalue weighted by molar-refractivity contribution is 0.735. The van der Waals surface area contributed by atoms with Crippen LogP contribution in [0.25, 0.3) is 10.9 Å². The van der Waals surface area contributed by atoms with Crippen molar-refractivity contribution < 1.29 is 11.0 Å². The van der Waals surface area contributed by atoms with E-state index in [0.29, 0.717) is 6.54 Å². The van der Waals surface area contributed by atoms with E-state index in [1.807, 2.05) is 0 Å². The van der Waals surface area contributed by atoms with Gasteiger partial charge in [0.1, 0.15) is 0 Å². The van der Waals surface area contributed by atoms with Crippen LogP contribution in [0, 0.1) is 0 Å². The van der Waals surface area contributed by atoms with Crippen LogP contribution in [0.15, 0.2) is 36.5 Å². The van der Waals surface area contributed by atoms with Gasteiger partial charge in [-0.25, -0.2) is 0 Å². The summed E-state index contributed by atoms with van der Waals surface area (Å²) in [5.74, 6) is 0. The van der Waals surface area contributed by atoms with Gasteiger partial charge in [0.15, 0.2) is 0 Å². The van der Waals surface area contributed by atoms with Crippen LogP contribution in [0.4, 0.5) is 0 Å². The molecule has 0 unspecified atom stereocenters. The van der Waals surface area contributed by atoms with E-state index in [2.05, 4.69) is 41.1 Å². The summed E-state index contributed by atoms with van der Waals surface area (Å²) in [6, 6.07) is 10.4. The number of halogens is 2. The average molecular weight is 269 g/mol. The Morgan fingerprint density at radius 1 is 1.00 bits per heavy atom. The van der Waals surface area contributed by atoms with Crippen LogP contribution in [0.1, 0.15) is 0 Å². The van der Waals surface area contributed by atoms with E-state index in [1.54, 1.807) is 0 Å². The average Bonchev–Trinajstić information content (AvgIpc) is 2.50.